The monoisotopic (exact) mass is 340 g/mol. The van der Waals surface area contributed by atoms with Crippen LogP contribution in [0.3, 0.4) is 0 Å². The molecule has 2 rings (SSSR count). The molecule has 0 aliphatic heterocycles. The minimum absolute atomic E-state index is 0.127. The summed E-state index contributed by atoms with van der Waals surface area (Å²) in [5.74, 6) is 0.554. The summed E-state index contributed by atoms with van der Waals surface area (Å²) in [6.07, 6.45) is 5.35. The third kappa shape index (κ3) is 3.58. The highest BCUT2D eigenvalue weighted by Crippen LogP contribution is 2.21. The van der Waals surface area contributed by atoms with E-state index in [1.807, 2.05) is 12.3 Å². The molecule has 7 heteroatoms. The minimum Gasteiger partial charge on any atom is -0.494 e. The predicted molar refractivity (Wildman–Crippen MR) is 91.3 cm³/mol. The van der Waals surface area contributed by atoms with E-state index >= 15 is 0 Å². The Morgan fingerprint density at radius 3 is 2.71 bits per heavy atom. The third-order valence-electron chi connectivity index (χ3n) is 2.75. The summed E-state index contributed by atoms with van der Waals surface area (Å²) in [6, 6.07) is 6.80. The maximum Gasteiger partial charge on any atom is 0.262 e. The Morgan fingerprint density at radius 2 is 2.10 bits per heavy atom. The third-order valence-corrected chi connectivity index (χ3v) is 3.82. The second-order valence-corrected chi connectivity index (χ2v) is 5.90. The van der Waals surface area contributed by atoms with E-state index in [1.54, 1.807) is 42.1 Å². The first-order valence-corrected chi connectivity index (χ1v) is 8.22. The van der Waals surface area contributed by atoms with Gasteiger partial charge in [-0.3, -0.25) is 14.3 Å². The molecular formula is C14H13ClN2O2S2. The van der Waals surface area contributed by atoms with Crippen LogP contribution in [0.4, 0.5) is 0 Å². The molecule has 0 spiro atoms. The Bertz CT molecular complexity index is 779. The fourth-order valence-corrected chi connectivity index (χ4v) is 2.48. The van der Waals surface area contributed by atoms with Crippen molar-refractivity contribution in [1.29, 1.82) is 0 Å². The summed E-state index contributed by atoms with van der Waals surface area (Å²) in [4.78, 5) is 14.5. The molecule has 2 N–H and O–H groups in total. The number of thioether (sulfide) groups is 1. The molecule has 0 aliphatic carbocycles. The molecule has 0 bridgehead atoms. The van der Waals surface area contributed by atoms with Crippen LogP contribution in [0.2, 0.25) is 5.02 Å². The van der Waals surface area contributed by atoms with Gasteiger partial charge in [-0.2, -0.15) is 11.8 Å². The summed E-state index contributed by atoms with van der Waals surface area (Å²) in [7, 11) is 0. The second-order valence-electron chi connectivity index (χ2n) is 4.17. The summed E-state index contributed by atoms with van der Waals surface area (Å²) in [5.41, 5.74) is 0.380. The van der Waals surface area contributed by atoms with Gasteiger partial charge in [0, 0.05) is 10.8 Å². The Kier molecular flexibility index (Phi) is 5.27. The van der Waals surface area contributed by atoms with Gasteiger partial charge in [-0.15, -0.1) is 0 Å². The fraction of sp³-hybridized carbons (Fsp3) is 0.143. The molecular weight excluding hydrogens is 328 g/mol. The maximum absolute atomic E-state index is 11.9. The summed E-state index contributed by atoms with van der Waals surface area (Å²) in [6.45, 7) is 0. The van der Waals surface area contributed by atoms with E-state index < -0.39 is 5.56 Å². The van der Waals surface area contributed by atoms with E-state index in [9.17, 15) is 9.90 Å². The number of aromatic amines is 1. The second kappa shape index (κ2) is 6.98. The van der Waals surface area contributed by atoms with Gasteiger partial charge in [0.05, 0.1) is 5.69 Å². The molecule has 0 radical (unpaired) electrons. The number of hydrogen-bond donors (Lipinski definition) is 2. The number of nitrogens with one attached hydrogen (secondary N) is 1. The highest BCUT2D eigenvalue weighted by atomic mass is 35.5. The Hall–Kier alpha value is -1.50. The van der Waals surface area contributed by atoms with Crippen molar-refractivity contribution in [3.05, 3.63) is 56.1 Å². The standard InChI is InChI=1S/C14H13ClN2O2S2/c1-21-8-2-3-11-12(18)16-14(20)17(13(11)19)10-6-4-9(15)5-7-10/h2-7,19H,8H2,1H3,(H,16,18,20). The van der Waals surface area contributed by atoms with Gasteiger partial charge in [-0.25, -0.2) is 0 Å². The summed E-state index contributed by atoms with van der Waals surface area (Å²) in [5, 5.41) is 10.9. The highest BCUT2D eigenvalue weighted by Gasteiger charge is 2.11. The molecule has 0 amide bonds. The smallest absolute Gasteiger partial charge is 0.262 e. The fourth-order valence-electron chi connectivity index (χ4n) is 1.78. The van der Waals surface area contributed by atoms with Gasteiger partial charge in [-0.05, 0) is 48.8 Å². The Balaban J connectivity index is 2.61. The van der Waals surface area contributed by atoms with Crippen molar-refractivity contribution in [2.75, 3.05) is 12.0 Å². The quantitative estimate of drug-likeness (QED) is 0.834. The molecule has 0 fully saturated rings. The zero-order chi connectivity index (χ0) is 15.4. The van der Waals surface area contributed by atoms with Gasteiger partial charge in [-0.1, -0.05) is 17.7 Å². The molecule has 0 aliphatic rings. The van der Waals surface area contributed by atoms with Crippen molar-refractivity contribution in [3.63, 3.8) is 0 Å². The van der Waals surface area contributed by atoms with E-state index in [4.69, 9.17) is 23.8 Å². The van der Waals surface area contributed by atoms with Crippen LogP contribution in [0, 0.1) is 4.77 Å². The van der Waals surface area contributed by atoms with E-state index in [2.05, 4.69) is 4.98 Å². The lowest BCUT2D eigenvalue weighted by atomic mass is 10.2. The van der Waals surface area contributed by atoms with Gasteiger partial charge in [0.15, 0.2) is 4.77 Å². The molecule has 21 heavy (non-hydrogen) atoms. The van der Waals surface area contributed by atoms with Crippen LogP contribution < -0.4 is 5.56 Å². The zero-order valence-electron chi connectivity index (χ0n) is 11.2. The number of aromatic nitrogens is 2. The molecule has 1 aromatic heterocycles. The van der Waals surface area contributed by atoms with Crippen molar-refractivity contribution in [1.82, 2.24) is 9.55 Å². The number of halogens is 1. The van der Waals surface area contributed by atoms with Gasteiger partial charge >= 0.3 is 0 Å². The molecule has 0 saturated carbocycles. The van der Waals surface area contributed by atoms with Crippen LogP contribution in [-0.2, 0) is 0 Å². The lowest BCUT2D eigenvalue weighted by Crippen LogP contribution is -2.15. The minimum atomic E-state index is -0.417. The van der Waals surface area contributed by atoms with Crippen LogP contribution in [-0.4, -0.2) is 26.7 Å². The van der Waals surface area contributed by atoms with Crippen LogP contribution in [0.5, 0.6) is 5.88 Å². The van der Waals surface area contributed by atoms with Gasteiger partial charge in [0.1, 0.15) is 5.56 Å². The van der Waals surface area contributed by atoms with Crippen LogP contribution in [0.15, 0.2) is 35.1 Å². The number of nitrogens with zero attached hydrogens (tertiary/aromatic N) is 1. The van der Waals surface area contributed by atoms with Crippen molar-refractivity contribution in [2.24, 2.45) is 0 Å². The van der Waals surface area contributed by atoms with Crippen LogP contribution in [0.25, 0.3) is 11.8 Å². The summed E-state index contributed by atoms with van der Waals surface area (Å²) < 4.78 is 1.52. The number of H-pyrrole nitrogens is 1. The maximum atomic E-state index is 11.9. The first kappa shape index (κ1) is 15.9. The largest absolute Gasteiger partial charge is 0.494 e. The molecule has 4 nitrogen and oxygen atoms in total. The number of benzene rings is 1. The number of hydrogen-bond acceptors (Lipinski definition) is 4. The lowest BCUT2D eigenvalue weighted by molar-refractivity contribution is 0.432. The van der Waals surface area contributed by atoms with Crippen molar-refractivity contribution in [2.45, 2.75) is 0 Å². The Labute approximate surface area is 136 Å². The molecule has 110 valence electrons. The Morgan fingerprint density at radius 1 is 1.43 bits per heavy atom. The molecule has 0 atom stereocenters. The average molecular weight is 341 g/mol. The van der Waals surface area contributed by atoms with Gasteiger partial charge in [0.25, 0.3) is 5.56 Å². The molecule has 2 aromatic rings. The molecule has 1 heterocycles. The van der Waals surface area contributed by atoms with E-state index in [0.717, 1.165) is 5.75 Å². The van der Waals surface area contributed by atoms with Crippen molar-refractivity contribution < 1.29 is 5.11 Å². The number of aromatic hydroxyl groups is 1. The normalized spacial score (nSPS) is 11.1. The molecule has 1 aromatic carbocycles. The zero-order valence-corrected chi connectivity index (χ0v) is 13.6. The topological polar surface area (TPSA) is 58.0 Å². The molecule has 0 unspecified atom stereocenters. The van der Waals surface area contributed by atoms with E-state index in [0.29, 0.717) is 10.7 Å². The predicted octanol–water partition coefficient (Wildman–Crippen LogP) is 3.63. The van der Waals surface area contributed by atoms with Crippen molar-refractivity contribution >= 4 is 41.7 Å². The molecule has 0 saturated heterocycles. The van der Waals surface area contributed by atoms with Gasteiger partial charge in [0.2, 0.25) is 5.88 Å². The average Bonchev–Trinajstić information content (AvgIpc) is 2.44. The van der Waals surface area contributed by atoms with Crippen LogP contribution in [0.1, 0.15) is 5.56 Å². The van der Waals surface area contributed by atoms with E-state index in [1.165, 1.54) is 4.57 Å². The van der Waals surface area contributed by atoms with Gasteiger partial charge < -0.3 is 5.11 Å². The SMILES string of the molecule is CSCC=Cc1c(O)n(-c2ccc(Cl)cc2)c(=S)[nH]c1=O. The highest BCUT2D eigenvalue weighted by molar-refractivity contribution is 7.98. The first-order chi connectivity index (χ1) is 10.0. The first-order valence-electron chi connectivity index (χ1n) is 6.04. The number of rotatable bonds is 4. The van der Waals surface area contributed by atoms with E-state index in [-0.39, 0.29) is 16.2 Å². The lowest BCUT2D eigenvalue weighted by Gasteiger charge is -2.11. The summed E-state index contributed by atoms with van der Waals surface area (Å²) >= 11 is 12.6. The van der Waals surface area contributed by atoms with Crippen molar-refractivity contribution in [3.8, 4) is 11.6 Å². The van der Waals surface area contributed by atoms with Crippen LogP contribution >= 0.6 is 35.6 Å².